The lowest BCUT2D eigenvalue weighted by Gasteiger charge is -2.26. The molecule has 7 nitrogen and oxygen atoms in total. The van der Waals surface area contributed by atoms with Gasteiger partial charge in [-0.1, -0.05) is 6.07 Å². The molecular formula is C19H23N5O2S. The normalized spacial score (nSPS) is 26.4. The summed E-state index contributed by atoms with van der Waals surface area (Å²) < 4.78 is 25.5. The fraction of sp³-hybridized carbons (Fsp3) is 0.526. The predicted octanol–water partition coefficient (Wildman–Crippen LogP) is 1.59. The molecule has 1 aliphatic carbocycles. The second kappa shape index (κ2) is 6.53. The van der Waals surface area contributed by atoms with Crippen LogP contribution in [0, 0.1) is 5.92 Å². The summed E-state index contributed by atoms with van der Waals surface area (Å²) in [6.07, 6.45) is 7.79. The molecule has 0 bridgehead atoms. The fourth-order valence-corrected chi connectivity index (χ4v) is 6.26. The van der Waals surface area contributed by atoms with Crippen molar-refractivity contribution in [3.05, 3.63) is 47.5 Å². The van der Waals surface area contributed by atoms with E-state index in [2.05, 4.69) is 20.2 Å². The molecule has 2 atom stereocenters. The van der Waals surface area contributed by atoms with Gasteiger partial charge in [0, 0.05) is 56.3 Å². The van der Waals surface area contributed by atoms with Crippen LogP contribution in [-0.4, -0.2) is 53.2 Å². The molecule has 2 aromatic rings. The zero-order chi connectivity index (χ0) is 18.4. The number of hydrogen-bond acceptors (Lipinski definition) is 7. The van der Waals surface area contributed by atoms with Gasteiger partial charge in [0.2, 0.25) is 5.95 Å². The van der Waals surface area contributed by atoms with E-state index < -0.39 is 9.84 Å². The van der Waals surface area contributed by atoms with Crippen LogP contribution in [0.2, 0.25) is 0 Å². The maximum absolute atomic E-state index is 12.8. The number of sulfone groups is 1. The number of nitrogens with zero attached hydrogens (tertiary/aromatic N) is 4. The van der Waals surface area contributed by atoms with Crippen molar-refractivity contribution >= 4 is 15.8 Å². The van der Waals surface area contributed by atoms with Gasteiger partial charge in [-0.15, -0.1) is 0 Å². The topological polar surface area (TPSA) is 88.1 Å². The number of fused-ring (bicyclic) bond motifs is 3. The molecule has 3 aliphatic rings. The van der Waals surface area contributed by atoms with Crippen molar-refractivity contribution in [1.29, 1.82) is 0 Å². The molecule has 0 radical (unpaired) electrons. The van der Waals surface area contributed by atoms with E-state index in [1.807, 2.05) is 12.1 Å². The number of nitrogens with one attached hydrogen (secondary N) is 1. The van der Waals surface area contributed by atoms with Gasteiger partial charge in [-0.25, -0.2) is 18.4 Å². The Kier molecular flexibility index (Phi) is 4.12. The minimum atomic E-state index is -3.14. The van der Waals surface area contributed by atoms with Crippen LogP contribution in [0.4, 0.5) is 5.95 Å². The third kappa shape index (κ3) is 3.43. The molecule has 1 saturated carbocycles. The predicted molar refractivity (Wildman–Crippen MR) is 102 cm³/mol. The van der Waals surface area contributed by atoms with Crippen molar-refractivity contribution in [2.24, 2.45) is 5.92 Å². The first-order valence-corrected chi connectivity index (χ1v) is 11.2. The molecule has 142 valence electrons. The first kappa shape index (κ1) is 17.1. The monoisotopic (exact) mass is 385 g/mol. The van der Waals surface area contributed by atoms with Crippen molar-refractivity contribution in [3.8, 4) is 0 Å². The van der Waals surface area contributed by atoms with Crippen molar-refractivity contribution < 1.29 is 8.42 Å². The van der Waals surface area contributed by atoms with Gasteiger partial charge in [0.15, 0.2) is 9.84 Å². The highest BCUT2D eigenvalue weighted by molar-refractivity contribution is 7.91. The molecule has 5 rings (SSSR count). The Morgan fingerprint density at radius 2 is 2.11 bits per heavy atom. The lowest BCUT2D eigenvalue weighted by Crippen LogP contribution is -2.35. The first-order valence-electron chi connectivity index (χ1n) is 9.51. The number of pyridine rings is 1. The molecule has 2 aliphatic heterocycles. The fourth-order valence-electron chi connectivity index (χ4n) is 4.24. The van der Waals surface area contributed by atoms with Gasteiger partial charge >= 0.3 is 0 Å². The van der Waals surface area contributed by atoms with E-state index >= 15 is 0 Å². The third-order valence-electron chi connectivity index (χ3n) is 5.80. The Hall–Kier alpha value is -2.06. The molecule has 0 amide bonds. The molecule has 2 aromatic heterocycles. The lowest BCUT2D eigenvalue weighted by molar-refractivity contribution is 0.320. The number of rotatable bonds is 5. The zero-order valence-electron chi connectivity index (χ0n) is 15.1. The quantitative estimate of drug-likeness (QED) is 0.836. The molecule has 0 spiro atoms. The Bertz CT molecular complexity index is 946. The minimum absolute atomic E-state index is 0.0422. The van der Waals surface area contributed by atoms with Crippen LogP contribution in [-0.2, 0) is 22.1 Å². The molecule has 2 fully saturated rings. The summed E-state index contributed by atoms with van der Waals surface area (Å²) in [5.41, 5.74) is 2.73. The molecule has 0 unspecified atom stereocenters. The van der Waals surface area contributed by atoms with Crippen LogP contribution in [0.5, 0.6) is 0 Å². The summed E-state index contributed by atoms with van der Waals surface area (Å²) in [6.45, 7) is 3.04. The Morgan fingerprint density at radius 3 is 2.89 bits per heavy atom. The number of aromatic nitrogens is 3. The van der Waals surface area contributed by atoms with Gasteiger partial charge in [0.25, 0.3) is 0 Å². The summed E-state index contributed by atoms with van der Waals surface area (Å²) >= 11 is 0. The summed E-state index contributed by atoms with van der Waals surface area (Å²) in [5, 5.41) is 2.91. The number of anilines is 1. The van der Waals surface area contributed by atoms with Gasteiger partial charge in [-0.05, 0) is 30.4 Å². The van der Waals surface area contributed by atoms with Gasteiger partial charge < -0.3 is 10.2 Å². The summed E-state index contributed by atoms with van der Waals surface area (Å²) in [4.78, 5) is 15.5. The van der Waals surface area contributed by atoms with Crippen LogP contribution in [0.15, 0.2) is 30.7 Å². The van der Waals surface area contributed by atoms with E-state index in [0.717, 1.165) is 35.8 Å². The van der Waals surface area contributed by atoms with Crippen LogP contribution < -0.4 is 5.32 Å². The number of likely N-dealkylation sites (tertiary alicyclic amines) is 1. The van der Waals surface area contributed by atoms with Gasteiger partial charge in [0.05, 0.1) is 16.7 Å². The van der Waals surface area contributed by atoms with E-state index in [4.69, 9.17) is 4.98 Å². The Balaban J connectivity index is 1.39. The van der Waals surface area contributed by atoms with E-state index in [1.165, 1.54) is 12.8 Å². The Labute approximate surface area is 159 Å². The van der Waals surface area contributed by atoms with Crippen LogP contribution in [0.25, 0.3) is 0 Å². The van der Waals surface area contributed by atoms with Crippen molar-refractivity contribution in [1.82, 2.24) is 19.9 Å². The summed E-state index contributed by atoms with van der Waals surface area (Å²) in [6, 6.07) is 3.89. The van der Waals surface area contributed by atoms with Crippen LogP contribution >= 0.6 is 0 Å². The van der Waals surface area contributed by atoms with Gasteiger partial charge in [0.1, 0.15) is 0 Å². The van der Waals surface area contributed by atoms with E-state index in [9.17, 15) is 8.42 Å². The highest BCUT2D eigenvalue weighted by Crippen LogP contribution is 2.41. The second-order valence-electron chi connectivity index (χ2n) is 7.93. The molecule has 1 saturated heterocycles. The van der Waals surface area contributed by atoms with Gasteiger partial charge in [-0.2, -0.15) is 0 Å². The summed E-state index contributed by atoms with van der Waals surface area (Å²) in [7, 11) is -3.14. The maximum atomic E-state index is 12.8. The number of hydrogen-bond donors (Lipinski definition) is 1. The zero-order valence-corrected chi connectivity index (χ0v) is 15.9. The highest BCUT2D eigenvalue weighted by atomic mass is 32.2. The minimum Gasteiger partial charge on any atom is -0.350 e. The average Bonchev–Trinajstić information content (AvgIpc) is 3.36. The molecule has 1 N–H and O–H groups in total. The first-order chi connectivity index (χ1) is 13.1. The largest absolute Gasteiger partial charge is 0.350 e. The van der Waals surface area contributed by atoms with E-state index in [-0.39, 0.29) is 16.9 Å². The third-order valence-corrected chi connectivity index (χ3v) is 7.91. The highest BCUT2D eigenvalue weighted by Gasteiger charge is 2.48. The molecule has 27 heavy (non-hydrogen) atoms. The maximum Gasteiger partial charge on any atom is 0.223 e. The SMILES string of the molecule is O=S1(=O)Cc2cnc(NCc3cccnc3)nc2[C@@H]2CN(CC3CC3)C[C@@H]21. The molecular weight excluding hydrogens is 362 g/mol. The van der Waals surface area contributed by atoms with E-state index in [0.29, 0.717) is 19.0 Å². The lowest BCUT2D eigenvalue weighted by atomic mass is 10.00. The van der Waals surface area contributed by atoms with Crippen molar-refractivity contribution in [3.63, 3.8) is 0 Å². The molecule has 0 aromatic carbocycles. The molecule has 4 heterocycles. The molecule has 8 heteroatoms. The van der Waals surface area contributed by atoms with Crippen LogP contribution in [0.3, 0.4) is 0 Å². The van der Waals surface area contributed by atoms with Crippen molar-refractivity contribution in [2.45, 2.75) is 36.3 Å². The van der Waals surface area contributed by atoms with Gasteiger partial charge in [-0.3, -0.25) is 4.98 Å². The Morgan fingerprint density at radius 1 is 1.22 bits per heavy atom. The van der Waals surface area contributed by atoms with E-state index in [1.54, 1.807) is 18.6 Å². The second-order valence-corrected chi connectivity index (χ2v) is 10.2. The summed E-state index contributed by atoms with van der Waals surface area (Å²) in [5.74, 6) is 1.33. The average molecular weight is 385 g/mol. The standard InChI is InChI=1S/C19H23N5O2S/c25-27(26)12-15-8-22-19(21-7-14-2-1-5-20-6-14)23-18(15)16-10-24(11-17(16)27)9-13-3-4-13/h1-2,5-6,8,13,16-17H,3-4,7,9-12H2,(H,21,22,23)/t16-,17+/m1/s1. The smallest absolute Gasteiger partial charge is 0.223 e. The van der Waals surface area contributed by atoms with Crippen LogP contribution in [0.1, 0.15) is 35.6 Å². The van der Waals surface area contributed by atoms with Crippen molar-refractivity contribution in [2.75, 3.05) is 25.0 Å².